The van der Waals surface area contributed by atoms with Crippen LogP contribution in [0.25, 0.3) is 0 Å². The van der Waals surface area contributed by atoms with E-state index in [4.69, 9.17) is 5.26 Å². The highest BCUT2D eigenvalue weighted by Gasteiger charge is 2.18. The van der Waals surface area contributed by atoms with Crippen molar-refractivity contribution in [2.75, 3.05) is 6.54 Å². The first kappa shape index (κ1) is 17.7. The number of hydrogen-bond donors (Lipinski definition) is 2. The molecule has 0 aliphatic carbocycles. The van der Waals surface area contributed by atoms with Gasteiger partial charge in [0.05, 0.1) is 23.1 Å². The monoisotopic (exact) mass is 323 g/mol. The summed E-state index contributed by atoms with van der Waals surface area (Å²) in [6.45, 7) is 1.52. The number of nitriles is 1. The van der Waals surface area contributed by atoms with Gasteiger partial charge >= 0.3 is 0 Å². The Hall–Kier alpha value is -2.40. The number of amides is 2. The van der Waals surface area contributed by atoms with E-state index < -0.39 is 22.5 Å². The molecule has 2 amide bonds. The summed E-state index contributed by atoms with van der Waals surface area (Å²) in [6.07, 6.45) is 1.84. The molecule has 7 nitrogen and oxygen atoms in total. The molecule has 0 aliphatic heterocycles. The van der Waals surface area contributed by atoms with Crippen LogP contribution in [0.5, 0.6) is 0 Å². The predicted molar refractivity (Wildman–Crippen MR) is 79.0 cm³/mol. The number of sulfonamides is 1. The van der Waals surface area contributed by atoms with Gasteiger partial charge in [-0.15, -0.1) is 0 Å². The molecule has 0 fully saturated rings. The average Bonchev–Trinajstić information content (AvgIpc) is 2.50. The highest BCUT2D eigenvalue weighted by atomic mass is 32.2. The first-order valence-electron chi connectivity index (χ1n) is 6.71. The number of unbranched alkanes of at least 4 members (excludes halogenated alkanes) is 1. The lowest BCUT2D eigenvalue weighted by Gasteiger charge is -2.08. The number of nitrogens with zero attached hydrogens (tertiary/aromatic N) is 1. The van der Waals surface area contributed by atoms with Crippen molar-refractivity contribution in [3.8, 4) is 6.07 Å². The number of nitrogens with one attached hydrogen (secondary N) is 2. The van der Waals surface area contributed by atoms with E-state index in [-0.39, 0.29) is 16.4 Å². The van der Waals surface area contributed by atoms with Crippen molar-refractivity contribution >= 4 is 21.8 Å². The van der Waals surface area contributed by atoms with Crippen LogP contribution in [-0.2, 0) is 19.6 Å². The van der Waals surface area contributed by atoms with Crippen LogP contribution < -0.4 is 10.0 Å². The van der Waals surface area contributed by atoms with Crippen molar-refractivity contribution < 1.29 is 18.0 Å². The molecule has 2 N–H and O–H groups in total. The SMILES string of the molecule is CCCCC(=O)NCC(=O)NS(=O)(=O)c1cccc(C#N)c1. The molecular weight excluding hydrogens is 306 g/mol. The van der Waals surface area contributed by atoms with Gasteiger partial charge in [0, 0.05) is 6.42 Å². The Labute approximate surface area is 129 Å². The molecule has 0 bridgehead atoms. The molecule has 0 saturated carbocycles. The average molecular weight is 323 g/mol. The van der Waals surface area contributed by atoms with Gasteiger partial charge in [-0.2, -0.15) is 5.26 Å². The van der Waals surface area contributed by atoms with Gasteiger partial charge in [0.15, 0.2) is 0 Å². The second-order valence-electron chi connectivity index (χ2n) is 4.55. The van der Waals surface area contributed by atoms with E-state index in [0.717, 1.165) is 12.5 Å². The van der Waals surface area contributed by atoms with E-state index in [2.05, 4.69) is 5.32 Å². The molecule has 0 unspecified atom stereocenters. The van der Waals surface area contributed by atoms with E-state index in [1.807, 2.05) is 17.7 Å². The van der Waals surface area contributed by atoms with Gasteiger partial charge in [-0.3, -0.25) is 9.59 Å². The predicted octanol–water partition coefficient (Wildman–Crippen LogP) is 0.670. The van der Waals surface area contributed by atoms with Gasteiger partial charge in [-0.1, -0.05) is 19.4 Å². The van der Waals surface area contributed by atoms with Crippen molar-refractivity contribution in [2.24, 2.45) is 0 Å². The lowest BCUT2D eigenvalue weighted by molar-refractivity contribution is -0.125. The first-order chi connectivity index (χ1) is 10.4. The quantitative estimate of drug-likeness (QED) is 0.765. The molecule has 0 saturated heterocycles. The highest BCUT2D eigenvalue weighted by Crippen LogP contribution is 2.10. The van der Waals surface area contributed by atoms with Crippen molar-refractivity contribution in [1.82, 2.24) is 10.0 Å². The van der Waals surface area contributed by atoms with E-state index >= 15 is 0 Å². The van der Waals surface area contributed by atoms with Gasteiger partial charge in [-0.05, 0) is 24.6 Å². The minimum Gasteiger partial charge on any atom is -0.347 e. The van der Waals surface area contributed by atoms with Crippen LogP contribution >= 0.6 is 0 Å². The second kappa shape index (κ2) is 8.14. The number of benzene rings is 1. The summed E-state index contributed by atoms with van der Waals surface area (Å²) in [5, 5.41) is 11.1. The summed E-state index contributed by atoms with van der Waals surface area (Å²) in [4.78, 5) is 22.8. The molecule has 0 aromatic heterocycles. The Morgan fingerprint density at radius 2 is 2.00 bits per heavy atom. The van der Waals surface area contributed by atoms with Crippen LogP contribution in [0.3, 0.4) is 0 Å². The molecule has 22 heavy (non-hydrogen) atoms. The van der Waals surface area contributed by atoms with Crippen LogP contribution in [0.15, 0.2) is 29.2 Å². The molecule has 1 aromatic carbocycles. The third-order valence-corrected chi connectivity index (χ3v) is 4.10. The number of carbonyl (C=O) groups is 2. The maximum absolute atomic E-state index is 12.0. The normalized spacial score (nSPS) is 10.5. The second-order valence-corrected chi connectivity index (χ2v) is 6.23. The van der Waals surface area contributed by atoms with E-state index in [1.165, 1.54) is 18.2 Å². The summed E-state index contributed by atoms with van der Waals surface area (Å²) >= 11 is 0. The van der Waals surface area contributed by atoms with Gasteiger partial charge in [-0.25, -0.2) is 13.1 Å². The molecule has 1 rings (SSSR count). The summed E-state index contributed by atoms with van der Waals surface area (Å²) in [7, 11) is -4.06. The third kappa shape index (κ3) is 5.54. The fourth-order valence-electron chi connectivity index (χ4n) is 1.58. The minimum atomic E-state index is -4.06. The molecule has 0 atom stereocenters. The zero-order valence-electron chi connectivity index (χ0n) is 12.1. The lowest BCUT2D eigenvalue weighted by atomic mass is 10.2. The van der Waals surface area contributed by atoms with Crippen LogP contribution in [0, 0.1) is 11.3 Å². The summed E-state index contributed by atoms with van der Waals surface area (Å²) in [6, 6.07) is 7.11. The number of rotatable bonds is 7. The van der Waals surface area contributed by atoms with Crippen LogP contribution in [0.1, 0.15) is 31.7 Å². The largest absolute Gasteiger partial charge is 0.347 e. The zero-order valence-corrected chi connectivity index (χ0v) is 12.9. The standard InChI is InChI=1S/C14H17N3O4S/c1-2-3-7-13(18)16-10-14(19)17-22(20,21)12-6-4-5-11(8-12)9-15/h4-6,8H,2-3,7,10H2,1H3,(H,16,18)(H,17,19). The van der Waals surface area contributed by atoms with Crippen molar-refractivity contribution in [3.63, 3.8) is 0 Å². The molecule has 118 valence electrons. The fourth-order valence-corrected chi connectivity index (χ4v) is 2.61. The topological polar surface area (TPSA) is 116 Å². The Morgan fingerprint density at radius 1 is 1.27 bits per heavy atom. The maximum atomic E-state index is 12.0. The summed E-state index contributed by atoms with van der Waals surface area (Å²) < 4.78 is 25.8. The van der Waals surface area contributed by atoms with Gasteiger partial charge in [0.2, 0.25) is 5.91 Å². The Bertz CT molecular complexity index is 692. The van der Waals surface area contributed by atoms with Gasteiger partial charge in [0.1, 0.15) is 0 Å². The molecule has 1 aromatic rings. The maximum Gasteiger partial charge on any atom is 0.264 e. The van der Waals surface area contributed by atoms with Crippen molar-refractivity contribution in [1.29, 1.82) is 5.26 Å². The summed E-state index contributed by atoms with van der Waals surface area (Å²) in [5.41, 5.74) is 0.170. The summed E-state index contributed by atoms with van der Waals surface area (Å²) in [5.74, 6) is -1.15. The third-order valence-electron chi connectivity index (χ3n) is 2.73. The Morgan fingerprint density at radius 3 is 2.64 bits per heavy atom. The Balaban J connectivity index is 2.62. The van der Waals surface area contributed by atoms with Crippen LogP contribution in [0.2, 0.25) is 0 Å². The zero-order chi connectivity index (χ0) is 16.6. The molecule has 0 radical (unpaired) electrons. The number of carbonyl (C=O) groups excluding carboxylic acids is 2. The molecule has 8 heteroatoms. The van der Waals surface area contributed by atoms with E-state index in [0.29, 0.717) is 12.8 Å². The van der Waals surface area contributed by atoms with Gasteiger partial charge < -0.3 is 5.32 Å². The fraction of sp³-hybridized carbons (Fsp3) is 0.357. The lowest BCUT2D eigenvalue weighted by Crippen LogP contribution is -2.39. The van der Waals surface area contributed by atoms with Crippen LogP contribution in [-0.4, -0.2) is 26.8 Å². The molecule has 0 spiro atoms. The molecule has 0 heterocycles. The molecule has 0 aliphatic rings. The smallest absolute Gasteiger partial charge is 0.264 e. The van der Waals surface area contributed by atoms with E-state index in [1.54, 1.807) is 0 Å². The van der Waals surface area contributed by atoms with Crippen LogP contribution in [0.4, 0.5) is 0 Å². The first-order valence-corrected chi connectivity index (χ1v) is 8.20. The van der Waals surface area contributed by atoms with Crippen molar-refractivity contribution in [3.05, 3.63) is 29.8 Å². The molecular formula is C14H17N3O4S. The minimum absolute atomic E-state index is 0.170. The van der Waals surface area contributed by atoms with Crippen molar-refractivity contribution in [2.45, 2.75) is 31.1 Å². The number of hydrogen-bond acceptors (Lipinski definition) is 5. The Kier molecular flexibility index (Phi) is 6.53. The van der Waals surface area contributed by atoms with Gasteiger partial charge in [0.25, 0.3) is 15.9 Å². The highest BCUT2D eigenvalue weighted by molar-refractivity contribution is 7.90. The van der Waals surface area contributed by atoms with E-state index in [9.17, 15) is 18.0 Å².